The van der Waals surface area contributed by atoms with Gasteiger partial charge in [0.15, 0.2) is 0 Å². The Bertz CT molecular complexity index is 423. The maximum atomic E-state index is 13.5. The van der Waals surface area contributed by atoms with Gasteiger partial charge in [-0.1, -0.05) is 29.8 Å². The van der Waals surface area contributed by atoms with E-state index < -0.39 is 5.82 Å². The van der Waals surface area contributed by atoms with Crippen LogP contribution >= 0.6 is 15.9 Å². The molecule has 3 nitrogen and oxygen atoms in total. The van der Waals surface area contributed by atoms with E-state index in [4.69, 9.17) is 0 Å². The van der Waals surface area contributed by atoms with Crippen molar-refractivity contribution in [2.24, 2.45) is 5.92 Å². The third-order valence-electron chi connectivity index (χ3n) is 2.38. The molecule has 0 saturated heterocycles. The van der Waals surface area contributed by atoms with Crippen LogP contribution in [0.4, 0.5) is 14.9 Å². The van der Waals surface area contributed by atoms with Crippen molar-refractivity contribution in [3.8, 4) is 0 Å². The van der Waals surface area contributed by atoms with Crippen LogP contribution in [0.1, 0.15) is 27.2 Å². The standard InChI is InChI=1S/C13H18BrFN2O/c1-8(2)6-9(3)16-13(18)17-12-5-4-10(14)7-11(12)15/h4-5,7-9H,6H2,1-3H3,(H2,16,17,18)/t9-/m1/s1. The number of nitrogens with one attached hydrogen (secondary N) is 2. The highest BCUT2D eigenvalue weighted by Crippen LogP contribution is 2.19. The molecule has 18 heavy (non-hydrogen) atoms. The van der Waals surface area contributed by atoms with Crippen molar-refractivity contribution in [1.82, 2.24) is 5.32 Å². The molecule has 0 unspecified atom stereocenters. The monoisotopic (exact) mass is 316 g/mol. The van der Waals surface area contributed by atoms with Gasteiger partial charge in [0, 0.05) is 10.5 Å². The maximum Gasteiger partial charge on any atom is 0.319 e. The SMILES string of the molecule is CC(C)C[C@@H](C)NC(=O)Nc1ccc(Br)cc1F. The minimum absolute atomic E-state index is 0.0588. The molecule has 1 atom stereocenters. The average Bonchev–Trinajstić information content (AvgIpc) is 2.20. The third kappa shape index (κ3) is 5.04. The summed E-state index contributed by atoms with van der Waals surface area (Å²) in [5, 5.41) is 5.27. The zero-order valence-electron chi connectivity index (χ0n) is 10.8. The van der Waals surface area contributed by atoms with Gasteiger partial charge in [0.25, 0.3) is 0 Å². The van der Waals surface area contributed by atoms with E-state index in [0.717, 1.165) is 6.42 Å². The highest BCUT2D eigenvalue weighted by molar-refractivity contribution is 9.10. The first-order chi connectivity index (χ1) is 8.38. The fourth-order valence-corrected chi connectivity index (χ4v) is 2.07. The first-order valence-corrected chi connectivity index (χ1v) is 6.70. The predicted molar refractivity (Wildman–Crippen MR) is 75.2 cm³/mol. The summed E-state index contributed by atoms with van der Waals surface area (Å²) in [4.78, 5) is 11.6. The van der Waals surface area contributed by atoms with E-state index in [0.29, 0.717) is 10.4 Å². The molecule has 1 aromatic carbocycles. The van der Waals surface area contributed by atoms with E-state index in [1.807, 2.05) is 6.92 Å². The summed E-state index contributed by atoms with van der Waals surface area (Å²) in [5.41, 5.74) is 0.174. The van der Waals surface area contributed by atoms with Crippen LogP contribution in [0.15, 0.2) is 22.7 Å². The quantitative estimate of drug-likeness (QED) is 0.861. The molecule has 0 aliphatic rings. The third-order valence-corrected chi connectivity index (χ3v) is 2.88. The second-order valence-electron chi connectivity index (χ2n) is 4.75. The van der Waals surface area contributed by atoms with Crippen LogP contribution in [0.5, 0.6) is 0 Å². The van der Waals surface area contributed by atoms with Crippen LogP contribution in [0.2, 0.25) is 0 Å². The molecule has 0 bridgehead atoms. The number of halogens is 2. The predicted octanol–water partition coefficient (Wildman–Crippen LogP) is 4.14. The highest BCUT2D eigenvalue weighted by atomic mass is 79.9. The number of anilines is 1. The second kappa shape index (κ2) is 6.73. The summed E-state index contributed by atoms with van der Waals surface area (Å²) in [6.45, 7) is 6.10. The van der Waals surface area contributed by atoms with Crippen molar-refractivity contribution in [2.75, 3.05) is 5.32 Å². The topological polar surface area (TPSA) is 41.1 Å². The fourth-order valence-electron chi connectivity index (χ4n) is 1.74. The van der Waals surface area contributed by atoms with Crippen molar-refractivity contribution in [2.45, 2.75) is 33.2 Å². The van der Waals surface area contributed by atoms with Crippen LogP contribution < -0.4 is 10.6 Å². The fraction of sp³-hybridized carbons (Fsp3) is 0.462. The molecule has 0 saturated carbocycles. The van der Waals surface area contributed by atoms with Gasteiger partial charge < -0.3 is 10.6 Å². The van der Waals surface area contributed by atoms with E-state index in [-0.39, 0.29) is 17.8 Å². The lowest BCUT2D eigenvalue weighted by Crippen LogP contribution is -2.37. The van der Waals surface area contributed by atoms with Gasteiger partial charge in [-0.15, -0.1) is 0 Å². The molecule has 0 heterocycles. The molecule has 1 rings (SSSR count). The average molecular weight is 317 g/mol. The number of carbonyl (C=O) groups excluding carboxylic acids is 1. The molecule has 0 aliphatic heterocycles. The van der Waals surface area contributed by atoms with Gasteiger partial charge in [-0.3, -0.25) is 0 Å². The zero-order valence-corrected chi connectivity index (χ0v) is 12.3. The number of rotatable bonds is 4. The minimum atomic E-state index is -0.462. The lowest BCUT2D eigenvalue weighted by molar-refractivity contribution is 0.247. The van der Waals surface area contributed by atoms with Gasteiger partial charge in [-0.2, -0.15) is 0 Å². The summed E-state index contributed by atoms with van der Waals surface area (Å²) in [7, 11) is 0. The van der Waals surface area contributed by atoms with Crippen LogP contribution in [0.3, 0.4) is 0 Å². The first-order valence-electron chi connectivity index (χ1n) is 5.91. The van der Waals surface area contributed by atoms with Gasteiger partial charge in [-0.05, 0) is 37.5 Å². The van der Waals surface area contributed by atoms with Crippen LogP contribution in [-0.4, -0.2) is 12.1 Å². The van der Waals surface area contributed by atoms with E-state index >= 15 is 0 Å². The van der Waals surface area contributed by atoms with Crippen LogP contribution in [0.25, 0.3) is 0 Å². The van der Waals surface area contributed by atoms with Gasteiger partial charge in [-0.25, -0.2) is 9.18 Å². The van der Waals surface area contributed by atoms with Crippen LogP contribution in [-0.2, 0) is 0 Å². The number of urea groups is 1. The molecular formula is C13H18BrFN2O. The Morgan fingerprint density at radius 2 is 2.06 bits per heavy atom. The zero-order chi connectivity index (χ0) is 13.7. The van der Waals surface area contributed by atoms with E-state index in [2.05, 4.69) is 40.4 Å². The van der Waals surface area contributed by atoms with Gasteiger partial charge in [0.1, 0.15) is 5.82 Å². The number of carbonyl (C=O) groups is 1. The van der Waals surface area contributed by atoms with Gasteiger partial charge in [0.05, 0.1) is 5.69 Å². The Labute approximate surface area is 115 Å². The summed E-state index contributed by atoms with van der Waals surface area (Å²) in [6, 6.07) is 4.18. The van der Waals surface area contributed by atoms with Crippen molar-refractivity contribution in [1.29, 1.82) is 0 Å². The minimum Gasteiger partial charge on any atom is -0.335 e. The summed E-state index contributed by atoms with van der Waals surface area (Å²) in [5.74, 6) is 0.0424. The maximum absolute atomic E-state index is 13.5. The molecule has 1 aromatic rings. The van der Waals surface area contributed by atoms with Crippen molar-refractivity contribution >= 4 is 27.6 Å². The molecule has 0 radical (unpaired) electrons. The van der Waals surface area contributed by atoms with E-state index in [1.165, 1.54) is 12.1 Å². The number of benzene rings is 1. The van der Waals surface area contributed by atoms with Crippen molar-refractivity contribution in [3.63, 3.8) is 0 Å². The molecule has 2 amide bonds. The van der Waals surface area contributed by atoms with E-state index in [9.17, 15) is 9.18 Å². The van der Waals surface area contributed by atoms with Gasteiger partial charge >= 0.3 is 6.03 Å². The summed E-state index contributed by atoms with van der Waals surface area (Å²) in [6.07, 6.45) is 0.885. The molecule has 2 N–H and O–H groups in total. The second-order valence-corrected chi connectivity index (χ2v) is 5.67. The Morgan fingerprint density at radius 3 is 2.61 bits per heavy atom. The molecule has 100 valence electrons. The normalized spacial score (nSPS) is 12.3. The lowest BCUT2D eigenvalue weighted by atomic mass is 10.1. The molecule has 0 aromatic heterocycles. The molecule has 5 heteroatoms. The number of hydrogen-bond acceptors (Lipinski definition) is 1. The lowest BCUT2D eigenvalue weighted by Gasteiger charge is -2.16. The highest BCUT2D eigenvalue weighted by Gasteiger charge is 2.11. The number of amides is 2. The smallest absolute Gasteiger partial charge is 0.319 e. The number of hydrogen-bond donors (Lipinski definition) is 2. The first kappa shape index (κ1) is 15.0. The Hall–Kier alpha value is -1.10. The Balaban J connectivity index is 2.54. The molecule has 0 aliphatic carbocycles. The van der Waals surface area contributed by atoms with Crippen molar-refractivity contribution < 1.29 is 9.18 Å². The van der Waals surface area contributed by atoms with E-state index in [1.54, 1.807) is 6.07 Å². The molecule has 0 fully saturated rings. The Morgan fingerprint density at radius 1 is 1.39 bits per heavy atom. The van der Waals surface area contributed by atoms with Crippen molar-refractivity contribution in [3.05, 3.63) is 28.5 Å². The summed E-state index contributed by atoms with van der Waals surface area (Å²) >= 11 is 3.16. The Kier molecular flexibility index (Phi) is 5.59. The van der Waals surface area contributed by atoms with Gasteiger partial charge in [0.2, 0.25) is 0 Å². The summed E-state index contributed by atoms with van der Waals surface area (Å²) < 4.78 is 14.1. The largest absolute Gasteiger partial charge is 0.335 e. The molecular weight excluding hydrogens is 299 g/mol. The van der Waals surface area contributed by atoms with Crippen LogP contribution in [0, 0.1) is 11.7 Å². The molecule has 0 spiro atoms.